The fraction of sp³-hybridized carbons (Fsp3) is 0.162. The molecule has 0 unspecified atom stereocenters. The number of carbonyl (C=O) groups is 4. The van der Waals surface area contributed by atoms with Gasteiger partial charge >= 0.3 is 11.9 Å². The van der Waals surface area contributed by atoms with Crippen LogP contribution in [0.3, 0.4) is 0 Å². The van der Waals surface area contributed by atoms with Gasteiger partial charge in [-0.2, -0.15) is 0 Å². The van der Waals surface area contributed by atoms with Gasteiger partial charge in [-0.15, -0.1) is 0 Å². The number of fused-ring (bicyclic) bond motifs is 2. The monoisotopic (exact) mass is 694 g/mol. The van der Waals surface area contributed by atoms with E-state index in [0.29, 0.717) is 47.5 Å². The lowest BCUT2D eigenvalue weighted by atomic mass is 9.76. The maximum absolute atomic E-state index is 12.7. The van der Waals surface area contributed by atoms with E-state index < -0.39 is 17.8 Å². The molecule has 3 aromatic carbocycles. The number of amides is 1. The first-order valence-electron chi connectivity index (χ1n) is 15.6. The van der Waals surface area contributed by atoms with Crippen LogP contribution in [-0.2, 0) is 33.9 Å². The molecule has 2 aliphatic rings. The zero-order valence-electron chi connectivity index (χ0n) is 26.7. The summed E-state index contributed by atoms with van der Waals surface area (Å²) in [5.74, 6) is -3.50. The third-order valence-electron chi connectivity index (χ3n) is 8.20. The molecule has 2 aliphatic carbocycles. The fourth-order valence-electron chi connectivity index (χ4n) is 5.79. The number of carboxylic acid groups (broad SMARTS) is 2. The van der Waals surface area contributed by atoms with Gasteiger partial charge < -0.3 is 31.3 Å². The summed E-state index contributed by atoms with van der Waals surface area (Å²) in [4.78, 5) is 49.5. The van der Waals surface area contributed by atoms with Crippen LogP contribution < -0.4 is 11.1 Å². The van der Waals surface area contributed by atoms with Crippen molar-refractivity contribution in [3.05, 3.63) is 136 Å². The largest absolute Gasteiger partial charge is 0.508 e. The molecule has 12 nitrogen and oxygen atoms in total. The fourth-order valence-corrected chi connectivity index (χ4v) is 6.07. The Balaban J connectivity index is 1.42. The molecule has 0 heterocycles. The number of phenols is 1. The van der Waals surface area contributed by atoms with Gasteiger partial charge in [0, 0.05) is 37.5 Å². The van der Waals surface area contributed by atoms with Gasteiger partial charge in [-0.1, -0.05) is 42.5 Å². The Morgan fingerprint density at radius 2 is 1.64 bits per heavy atom. The number of nitrogens with two attached hydrogens (primary N) is 1. The summed E-state index contributed by atoms with van der Waals surface area (Å²) in [6.45, 7) is 0.861. The molecule has 0 aliphatic heterocycles. The number of hydroxylamine groups is 2. The van der Waals surface area contributed by atoms with Crippen molar-refractivity contribution in [2.24, 2.45) is 5.73 Å². The van der Waals surface area contributed by atoms with E-state index in [9.17, 15) is 34.6 Å². The summed E-state index contributed by atoms with van der Waals surface area (Å²) < 4.78 is 0. The van der Waals surface area contributed by atoms with Crippen molar-refractivity contribution in [1.29, 1.82) is 0 Å². The van der Waals surface area contributed by atoms with Crippen molar-refractivity contribution in [2.45, 2.75) is 25.9 Å². The summed E-state index contributed by atoms with van der Waals surface area (Å²) >= 11 is 5.77. The number of phenolic OH excluding ortho intramolecular Hbond substituents is 1. The second-order valence-electron chi connectivity index (χ2n) is 11.6. The number of nitrogens with zero attached hydrogens (tertiary/aromatic N) is 2. The normalized spacial score (nSPS) is 13.4. The number of hydrogen-bond acceptors (Lipinski definition) is 8. The minimum absolute atomic E-state index is 0.0151. The number of allylic oxidation sites excluding steroid dienone is 5. The Kier molecular flexibility index (Phi) is 11.0. The molecule has 0 atom stereocenters. The van der Waals surface area contributed by atoms with Crippen molar-refractivity contribution in [2.75, 3.05) is 18.4 Å². The summed E-state index contributed by atoms with van der Waals surface area (Å²) in [6.07, 6.45) is 6.70. The zero-order valence-corrected chi connectivity index (χ0v) is 27.5. The maximum atomic E-state index is 12.7. The average molecular weight is 695 g/mol. The minimum Gasteiger partial charge on any atom is -0.508 e. The van der Waals surface area contributed by atoms with Crippen molar-refractivity contribution >= 4 is 52.2 Å². The van der Waals surface area contributed by atoms with Crippen molar-refractivity contribution in [1.82, 2.24) is 9.96 Å². The number of hydrogen-bond donors (Lipinski definition) is 6. The molecule has 13 heteroatoms. The molecular weight excluding hydrogens is 660 g/mol. The van der Waals surface area contributed by atoms with Crippen molar-refractivity contribution in [3.8, 4) is 5.75 Å². The van der Waals surface area contributed by atoms with E-state index in [-0.39, 0.29) is 41.7 Å². The van der Waals surface area contributed by atoms with E-state index in [0.717, 1.165) is 39.5 Å². The van der Waals surface area contributed by atoms with E-state index in [1.807, 2.05) is 24.3 Å². The standard InChI is InChI=1S/C37H34N4O8S/c38-20-22-2-4-23(5-3-22)21-40(14-1-15-41(49)33(44)12-13-34(45)46)37(50)39-26-6-9-31(32(19-26)36(47)48)35-29-10-7-27(42)17-24(29)16-25-18-28(43)8-11-30(25)35/h2-13,17-19,42,49H,1,14-16,20-21,38H2,(H,39,50)(H,45,46)(H,47,48)/b13-12+. The molecule has 0 radical (unpaired) electrons. The number of rotatable bonds is 12. The third-order valence-corrected chi connectivity index (χ3v) is 8.56. The van der Waals surface area contributed by atoms with E-state index in [2.05, 4.69) is 5.32 Å². The SMILES string of the molecule is NCc1ccc(CN(CCCN(O)C(=O)/C=C/C(=O)O)C(=S)Nc2ccc(C3=C4C=CC(=O)C=C4Cc4cc(O)ccc43)c(C(=O)O)c2)cc1. The van der Waals surface area contributed by atoms with E-state index in [1.165, 1.54) is 24.3 Å². The first-order valence-corrected chi connectivity index (χ1v) is 16.0. The van der Waals surface area contributed by atoms with Gasteiger partial charge in [-0.25, -0.2) is 14.7 Å². The zero-order chi connectivity index (χ0) is 35.9. The van der Waals surface area contributed by atoms with Crippen LogP contribution >= 0.6 is 12.2 Å². The van der Waals surface area contributed by atoms with E-state index >= 15 is 0 Å². The van der Waals surface area contributed by atoms with Crippen molar-refractivity contribution < 1.29 is 39.7 Å². The number of carboxylic acids is 2. The van der Waals surface area contributed by atoms with Crippen LogP contribution in [0, 0.1) is 0 Å². The molecule has 0 fully saturated rings. The van der Waals surface area contributed by atoms with Crippen molar-refractivity contribution in [3.63, 3.8) is 0 Å². The van der Waals surface area contributed by atoms with Gasteiger partial charge in [-0.3, -0.25) is 14.8 Å². The van der Waals surface area contributed by atoms with Crippen LogP contribution in [0.25, 0.3) is 5.57 Å². The van der Waals surface area contributed by atoms with E-state index in [1.54, 1.807) is 35.2 Å². The lowest BCUT2D eigenvalue weighted by molar-refractivity contribution is -0.159. The Bertz CT molecular complexity index is 2000. The van der Waals surface area contributed by atoms with E-state index in [4.69, 9.17) is 23.1 Å². The number of ketones is 1. The lowest BCUT2D eigenvalue weighted by Crippen LogP contribution is -2.37. The van der Waals surface area contributed by atoms with Crippen LogP contribution in [0.4, 0.5) is 5.69 Å². The van der Waals surface area contributed by atoms with Gasteiger partial charge in [0.2, 0.25) is 0 Å². The molecule has 0 saturated heterocycles. The highest BCUT2D eigenvalue weighted by Gasteiger charge is 2.28. The predicted octanol–water partition coefficient (Wildman–Crippen LogP) is 4.42. The number of thiocarbonyl (C=S) groups is 1. The first-order chi connectivity index (χ1) is 23.9. The third kappa shape index (κ3) is 8.39. The Morgan fingerprint density at radius 3 is 2.34 bits per heavy atom. The molecule has 256 valence electrons. The van der Waals surface area contributed by atoms with Crippen LogP contribution in [-0.4, -0.2) is 72.3 Å². The highest BCUT2D eigenvalue weighted by Crippen LogP contribution is 2.43. The van der Waals surface area contributed by atoms with Gasteiger partial charge in [0.15, 0.2) is 10.9 Å². The molecule has 0 saturated carbocycles. The molecule has 7 N–H and O–H groups in total. The van der Waals surface area contributed by atoms with Crippen LogP contribution in [0.15, 0.2) is 102 Å². The highest BCUT2D eigenvalue weighted by atomic mass is 32.1. The second-order valence-corrected chi connectivity index (χ2v) is 12.0. The molecule has 5 rings (SSSR count). The van der Waals surface area contributed by atoms with Crippen LogP contribution in [0.5, 0.6) is 5.75 Å². The number of benzene rings is 3. The molecular formula is C37H34N4O8S. The highest BCUT2D eigenvalue weighted by molar-refractivity contribution is 7.80. The Morgan fingerprint density at radius 1 is 0.920 bits per heavy atom. The molecule has 50 heavy (non-hydrogen) atoms. The number of anilines is 1. The number of carbonyl (C=O) groups excluding carboxylic acids is 2. The molecule has 3 aromatic rings. The average Bonchev–Trinajstić information content (AvgIpc) is 3.09. The van der Waals surface area contributed by atoms with Gasteiger partial charge in [0.1, 0.15) is 5.75 Å². The molecule has 1 amide bonds. The number of aromatic carboxylic acids is 1. The summed E-state index contributed by atoms with van der Waals surface area (Å²) in [5.41, 5.74) is 12.0. The molecule has 0 aromatic heterocycles. The van der Waals surface area contributed by atoms with Gasteiger partial charge in [0.25, 0.3) is 5.91 Å². The number of aromatic hydroxyl groups is 1. The lowest BCUT2D eigenvalue weighted by Gasteiger charge is -2.28. The first kappa shape index (κ1) is 35.4. The maximum Gasteiger partial charge on any atom is 0.336 e. The van der Waals surface area contributed by atoms with Crippen LogP contribution in [0.2, 0.25) is 0 Å². The van der Waals surface area contributed by atoms with Gasteiger partial charge in [-0.05, 0) is 106 Å². The van der Waals surface area contributed by atoms with Crippen LogP contribution in [0.1, 0.15) is 44.6 Å². The van der Waals surface area contributed by atoms with Gasteiger partial charge in [0.05, 0.1) is 12.1 Å². The molecule has 0 spiro atoms. The predicted molar refractivity (Wildman–Crippen MR) is 189 cm³/mol. The number of aliphatic carboxylic acids is 1. The Hall–Kier alpha value is -5.89. The topological polar surface area (TPSA) is 194 Å². The molecule has 0 bridgehead atoms. The number of nitrogens with one attached hydrogen (secondary N) is 1. The summed E-state index contributed by atoms with van der Waals surface area (Å²) in [5, 5.41) is 43.2. The second kappa shape index (κ2) is 15.6. The smallest absolute Gasteiger partial charge is 0.336 e. The summed E-state index contributed by atoms with van der Waals surface area (Å²) in [7, 11) is 0. The Labute approximate surface area is 292 Å². The summed E-state index contributed by atoms with van der Waals surface area (Å²) in [6, 6.07) is 17.3. The minimum atomic E-state index is -1.32. The quantitative estimate of drug-likeness (QED) is 0.0678.